The number of hydrogen-bond donors (Lipinski definition) is 0. The average Bonchev–Trinajstić information content (AvgIpc) is 2.85. The van der Waals surface area contributed by atoms with Crippen molar-refractivity contribution in [3.05, 3.63) is 0 Å². The van der Waals surface area contributed by atoms with Gasteiger partial charge in [0.05, 0.1) is 12.6 Å². The predicted molar refractivity (Wildman–Crippen MR) is 92.5 cm³/mol. The van der Waals surface area contributed by atoms with Gasteiger partial charge >= 0.3 is 0 Å². The van der Waals surface area contributed by atoms with Gasteiger partial charge < -0.3 is 9.80 Å². The molecule has 0 radical (unpaired) electrons. The Balaban J connectivity index is 1.55. The summed E-state index contributed by atoms with van der Waals surface area (Å²) < 4.78 is 0. The topological polar surface area (TPSA) is 43.9 Å². The van der Waals surface area contributed by atoms with Crippen molar-refractivity contribution < 1.29 is 9.59 Å². The number of hydrogen-bond acceptors (Lipinski definition) is 3. The highest BCUT2D eigenvalue weighted by Gasteiger charge is 2.61. The van der Waals surface area contributed by atoms with Crippen molar-refractivity contribution >= 4 is 11.8 Å². The molecular formula is C19H31N3O2. The number of nitrogens with zero attached hydrogens (tertiary/aromatic N) is 3. The molecule has 3 saturated heterocycles. The Hall–Kier alpha value is -1.10. The molecule has 1 aliphatic carbocycles. The quantitative estimate of drug-likeness (QED) is 0.775. The Morgan fingerprint density at radius 2 is 1.75 bits per heavy atom. The van der Waals surface area contributed by atoms with Gasteiger partial charge in [0.2, 0.25) is 11.8 Å². The van der Waals surface area contributed by atoms with Crippen LogP contribution in [0.5, 0.6) is 0 Å². The van der Waals surface area contributed by atoms with Crippen molar-refractivity contribution in [2.45, 2.75) is 76.9 Å². The number of piperidine rings is 2. The Labute approximate surface area is 145 Å². The van der Waals surface area contributed by atoms with Crippen LogP contribution in [0, 0.1) is 5.41 Å². The molecule has 134 valence electrons. The number of likely N-dealkylation sites (tertiary alicyclic amines) is 3. The molecule has 5 heteroatoms. The number of amides is 2. The lowest BCUT2D eigenvalue weighted by Gasteiger charge is -2.50. The van der Waals surface area contributed by atoms with E-state index >= 15 is 0 Å². The van der Waals surface area contributed by atoms with E-state index in [0.29, 0.717) is 24.5 Å². The van der Waals surface area contributed by atoms with Gasteiger partial charge in [0.15, 0.2) is 0 Å². The lowest BCUT2D eigenvalue weighted by Crippen LogP contribution is -2.59. The zero-order chi connectivity index (χ0) is 16.9. The first-order valence-electron chi connectivity index (χ1n) is 9.81. The van der Waals surface area contributed by atoms with E-state index < -0.39 is 0 Å². The van der Waals surface area contributed by atoms with E-state index in [1.54, 1.807) is 6.92 Å². The Kier molecular flexibility index (Phi) is 4.10. The van der Waals surface area contributed by atoms with Crippen LogP contribution in [0.4, 0.5) is 0 Å². The van der Waals surface area contributed by atoms with Crippen LogP contribution in [0.3, 0.4) is 0 Å². The minimum absolute atomic E-state index is 0.102. The maximum Gasteiger partial charge on any atom is 0.237 e. The maximum absolute atomic E-state index is 13.1. The fourth-order valence-electron chi connectivity index (χ4n) is 6.15. The standard InChI is InChI=1S/C19H31N3O2/c1-14(23)22-15-11-19(2)16(7-6-8-17(19)22)21(12-15)18(24)13-20-9-4-3-5-10-20/h15-17H,3-13H2,1-2H3/t15-,16+,17-,19+/m0/s1. The molecule has 0 aromatic carbocycles. The molecule has 2 amide bonds. The summed E-state index contributed by atoms with van der Waals surface area (Å²) >= 11 is 0. The van der Waals surface area contributed by atoms with Crippen LogP contribution >= 0.6 is 0 Å². The van der Waals surface area contributed by atoms with Crippen LogP contribution in [0.15, 0.2) is 0 Å². The maximum atomic E-state index is 13.1. The SMILES string of the molecule is CC(=O)N1[C@@H]2CN(C(=O)CN3CCCCC3)[C@@H]3CCC[C@H]1[C@]3(C)C2. The van der Waals surface area contributed by atoms with Gasteiger partial charge in [-0.15, -0.1) is 0 Å². The van der Waals surface area contributed by atoms with E-state index in [1.165, 1.54) is 19.3 Å². The van der Waals surface area contributed by atoms with Crippen LogP contribution < -0.4 is 0 Å². The van der Waals surface area contributed by atoms with E-state index in [1.807, 2.05) is 0 Å². The van der Waals surface area contributed by atoms with Gasteiger partial charge in [-0.3, -0.25) is 14.5 Å². The lowest BCUT2D eigenvalue weighted by molar-refractivity contribution is -0.141. The Morgan fingerprint density at radius 3 is 2.46 bits per heavy atom. The highest BCUT2D eigenvalue weighted by Crippen LogP contribution is 2.54. The molecule has 0 spiro atoms. The molecule has 0 aromatic rings. The number of carbonyl (C=O) groups excluding carboxylic acids is 2. The number of rotatable bonds is 2. The van der Waals surface area contributed by atoms with E-state index in [0.717, 1.165) is 45.3 Å². The molecule has 4 rings (SSSR count). The summed E-state index contributed by atoms with van der Waals surface area (Å²) in [6, 6.07) is 0.901. The van der Waals surface area contributed by atoms with Crippen LogP contribution in [0.25, 0.3) is 0 Å². The fourth-order valence-corrected chi connectivity index (χ4v) is 6.15. The first-order valence-corrected chi connectivity index (χ1v) is 9.81. The first-order chi connectivity index (χ1) is 11.5. The van der Waals surface area contributed by atoms with Crippen molar-refractivity contribution in [3.63, 3.8) is 0 Å². The van der Waals surface area contributed by atoms with Crippen molar-refractivity contribution in [3.8, 4) is 0 Å². The molecule has 3 heterocycles. The van der Waals surface area contributed by atoms with Crippen LogP contribution in [-0.2, 0) is 9.59 Å². The third-order valence-electron chi connectivity index (χ3n) is 7.16. The van der Waals surface area contributed by atoms with Crippen molar-refractivity contribution in [2.75, 3.05) is 26.2 Å². The number of carbonyl (C=O) groups is 2. The highest BCUT2D eigenvalue weighted by molar-refractivity contribution is 5.80. The van der Waals surface area contributed by atoms with Gasteiger partial charge in [-0.2, -0.15) is 0 Å². The first kappa shape index (κ1) is 16.4. The van der Waals surface area contributed by atoms with Gasteiger partial charge in [0.25, 0.3) is 0 Å². The second kappa shape index (κ2) is 6.01. The molecule has 2 bridgehead atoms. The molecular weight excluding hydrogens is 302 g/mol. The lowest BCUT2D eigenvalue weighted by atomic mass is 9.66. The molecule has 1 saturated carbocycles. The fraction of sp³-hybridized carbons (Fsp3) is 0.895. The molecule has 0 aromatic heterocycles. The summed E-state index contributed by atoms with van der Waals surface area (Å²) in [5.74, 6) is 0.489. The molecule has 24 heavy (non-hydrogen) atoms. The molecule has 4 fully saturated rings. The van der Waals surface area contributed by atoms with E-state index in [-0.39, 0.29) is 17.4 Å². The molecule has 4 atom stereocenters. The van der Waals surface area contributed by atoms with E-state index in [2.05, 4.69) is 21.6 Å². The van der Waals surface area contributed by atoms with Crippen molar-refractivity contribution in [2.24, 2.45) is 5.41 Å². The van der Waals surface area contributed by atoms with Crippen LogP contribution in [0.2, 0.25) is 0 Å². The van der Waals surface area contributed by atoms with E-state index in [4.69, 9.17) is 0 Å². The van der Waals surface area contributed by atoms with Gasteiger partial charge in [0, 0.05) is 31.0 Å². The zero-order valence-electron chi connectivity index (χ0n) is 15.2. The molecule has 3 aliphatic heterocycles. The second-order valence-corrected chi connectivity index (χ2v) is 8.64. The summed E-state index contributed by atoms with van der Waals surface area (Å²) in [5.41, 5.74) is 0.102. The molecule has 5 nitrogen and oxygen atoms in total. The normalized spacial score (nSPS) is 39.2. The van der Waals surface area contributed by atoms with E-state index in [9.17, 15) is 9.59 Å². The summed E-state index contributed by atoms with van der Waals surface area (Å²) in [6.45, 7) is 7.48. The van der Waals surface area contributed by atoms with Crippen molar-refractivity contribution in [1.29, 1.82) is 0 Å². The van der Waals surface area contributed by atoms with Gasteiger partial charge in [-0.1, -0.05) is 13.3 Å². The number of fused-ring (bicyclic) bond motifs is 1. The summed E-state index contributed by atoms with van der Waals surface area (Å²) in [5, 5.41) is 0. The molecule has 0 unspecified atom stereocenters. The minimum atomic E-state index is 0.102. The van der Waals surface area contributed by atoms with Gasteiger partial charge in [0.1, 0.15) is 0 Å². The van der Waals surface area contributed by atoms with Gasteiger partial charge in [-0.05, 0) is 51.6 Å². The summed E-state index contributed by atoms with van der Waals surface area (Å²) in [4.78, 5) is 31.9. The Morgan fingerprint density at radius 1 is 1.04 bits per heavy atom. The van der Waals surface area contributed by atoms with Crippen LogP contribution in [-0.4, -0.2) is 70.8 Å². The average molecular weight is 333 g/mol. The minimum Gasteiger partial charge on any atom is -0.336 e. The highest BCUT2D eigenvalue weighted by atomic mass is 16.2. The largest absolute Gasteiger partial charge is 0.336 e. The molecule has 0 N–H and O–H groups in total. The molecule has 4 aliphatic rings. The Bertz CT molecular complexity index is 531. The van der Waals surface area contributed by atoms with Crippen molar-refractivity contribution in [1.82, 2.24) is 14.7 Å². The summed E-state index contributed by atoms with van der Waals surface area (Å²) in [7, 11) is 0. The summed E-state index contributed by atoms with van der Waals surface area (Å²) in [6.07, 6.45) is 8.17. The zero-order valence-corrected chi connectivity index (χ0v) is 15.2. The third kappa shape index (κ3) is 2.47. The second-order valence-electron chi connectivity index (χ2n) is 8.64. The third-order valence-corrected chi connectivity index (χ3v) is 7.16. The van der Waals surface area contributed by atoms with Crippen LogP contribution in [0.1, 0.15) is 58.8 Å². The predicted octanol–water partition coefficient (Wildman–Crippen LogP) is 1.86. The monoisotopic (exact) mass is 333 g/mol. The van der Waals surface area contributed by atoms with Gasteiger partial charge in [-0.25, -0.2) is 0 Å². The smallest absolute Gasteiger partial charge is 0.237 e.